The van der Waals surface area contributed by atoms with E-state index < -0.39 is 23.7 Å². The van der Waals surface area contributed by atoms with Gasteiger partial charge in [-0.05, 0) is 56.9 Å². The van der Waals surface area contributed by atoms with Gasteiger partial charge in [-0.2, -0.15) is 0 Å². The van der Waals surface area contributed by atoms with E-state index in [1.807, 2.05) is 13.8 Å². The molecule has 44 heavy (non-hydrogen) atoms. The van der Waals surface area contributed by atoms with Gasteiger partial charge in [-0.25, -0.2) is 19.6 Å². The molecule has 3 aromatic rings. The van der Waals surface area contributed by atoms with Crippen LogP contribution in [0.5, 0.6) is 11.5 Å². The van der Waals surface area contributed by atoms with Crippen molar-refractivity contribution in [1.82, 2.24) is 20.6 Å². The summed E-state index contributed by atoms with van der Waals surface area (Å²) >= 11 is 6.32. The Morgan fingerprint density at radius 2 is 1.77 bits per heavy atom. The van der Waals surface area contributed by atoms with Crippen molar-refractivity contribution in [2.24, 2.45) is 5.92 Å². The zero-order valence-corrected chi connectivity index (χ0v) is 26.8. The number of carbonyl (C=O) groups excluding carboxylic acids is 3. The van der Waals surface area contributed by atoms with E-state index in [0.29, 0.717) is 64.1 Å². The van der Waals surface area contributed by atoms with Crippen LogP contribution < -0.4 is 25.4 Å². The average Bonchev–Trinajstić information content (AvgIpc) is 2.95. The summed E-state index contributed by atoms with van der Waals surface area (Å²) in [5, 5.41) is 9.83. The van der Waals surface area contributed by atoms with Crippen LogP contribution in [-0.4, -0.2) is 67.0 Å². The molecule has 12 nitrogen and oxygen atoms in total. The minimum atomic E-state index is -0.775. The minimum Gasteiger partial charge on any atom is -0.493 e. The van der Waals surface area contributed by atoms with Crippen LogP contribution in [0.1, 0.15) is 46.6 Å². The SMILES string of the molecule is COC(=O)[C@@H](NC(=O)Cc1ccc(Cl)cc1Nc1ncnc2cc(OC)c(OCCCNC(=O)OC(C)(C)C)cc12)C(C)C. The van der Waals surface area contributed by atoms with Crippen LogP contribution in [0.15, 0.2) is 36.7 Å². The standard InChI is InChI=1S/C31H40ClN5O7/c1-18(2)27(29(39)42-7)37-26(38)13-19-9-10-20(32)14-22(19)36-28-21-15-25(24(41-6)16-23(21)34-17-35-28)43-12-8-11-33-30(40)44-31(3,4)5/h9-10,14-18,27H,8,11-13H2,1-7H3,(H,33,40)(H,37,38)(H,34,35,36)/t27-/m0/s1. The Labute approximate surface area is 262 Å². The molecule has 3 rings (SSSR count). The van der Waals surface area contributed by atoms with E-state index in [2.05, 4.69) is 25.9 Å². The van der Waals surface area contributed by atoms with Gasteiger partial charge in [0, 0.05) is 28.7 Å². The molecule has 13 heteroatoms. The molecule has 3 N–H and O–H groups in total. The number of hydrogen-bond donors (Lipinski definition) is 3. The number of amides is 2. The van der Waals surface area contributed by atoms with Gasteiger partial charge < -0.3 is 34.9 Å². The molecule has 1 atom stereocenters. The molecular formula is C31H40ClN5O7. The number of nitrogens with one attached hydrogen (secondary N) is 3. The van der Waals surface area contributed by atoms with Crippen LogP contribution in [0.2, 0.25) is 5.02 Å². The third-order valence-corrected chi connectivity index (χ3v) is 6.52. The Kier molecular flexibility index (Phi) is 12.0. The lowest BCUT2D eigenvalue weighted by molar-refractivity contribution is -0.146. The lowest BCUT2D eigenvalue weighted by Gasteiger charge is -2.20. The molecule has 0 aliphatic rings. The Bertz CT molecular complexity index is 1480. The van der Waals surface area contributed by atoms with E-state index in [9.17, 15) is 14.4 Å². The Morgan fingerprint density at radius 3 is 2.43 bits per heavy atom. The van der Waals surface area contributed by atoms with Crippen molar-refractivity contribution in [3.8, 4) is 11.5 Å². The number of carbonyl (C=O) groups is 3. The number of aromatic nitrogens is 2. The molecule has 238 valence electrons. The lowest BCUT2D eigenvalue weighted by Crippen LogP contribution is -2.45. The highest BCUT2D eigenvalue weighted by Gasteiger charge is 2.25. The highest BCUT2D eigenvalue weighted by atomic mass is 35.5. The summed E-state index contributed by atoms with van der Waals surface area (Å²) in [7, 11) is 2.82. The molecule has 0 bridgehead atoms. The van der Waals surface area contributed by atoms with Crippen molar-refractivity contribution in [1.29, 1.82) is 0 Å². The fourth-order valence-electron chi connectivity index (χ4n) is 4.16. The maximum atomic E-state index is 12.9. The van der Waals surface area contributed by atoms with Crippen LogP contribution in [0.4, 0.5) is 16.3 Å². The topological polar surface area (TPSA) is 150 Å². The number of anilines is 2. The number of fused-ring (bicyclic) bond motifs is 1. The summed E-state index contributed by atoms with van der Waals surface area (Å²) in [5.74, 6) is 0.372. The summed E-state index contributed by atoms with van der Waals surface area (Å²) in [6.07, 6.45) is 1.42. The largest absolute Gasteiger partial charge is 0.493 e. The minimum absolute atomic E-state index is 0.0255. The van der Waals surface area contributed by atoms with Gasteiger partial charge in [-0.3, -0.25) is 4.79 Å². The maximum absolute atomic E-state index is 12.9. The van der Waals surface area contributed by atoms with E-state index in [1.54, 1.807) is 51.1 Å². The Balaban J connectivity index is 1.79. The molecule has 0 radical (unpaired) electrons. The molecule has 0 fully saturated rings. The maximum Gasteiger partial charge on any atom is 0.407 e. The van der Waals surface area contributed by atoms with Gasteiger partial charge in [0.1, 0.15) is 23.8 Å². The summed E-state index contributed by atoms with van der Waals surface area (Å²) in [4.78, 5) is 45.8. The van der Waals surface area contributed by atoms with Crippen molar-refractivity contribution in [2.75, 3.05) is 32.7 Å². The molecular weight excluding hydrogens is 590 g/mol. The molecule has 2 aromatic carbocycles. The van der Waals surface area contributed by atoms with Crippen molar-refractivity contribution >= 4 is 52.0 Å². The molecule has 0 aliphatic heterocycles. The second-order valence-electron chi connectivity index (χ2n) is 11.3. The fraction of sp³-hybridized carbons (Fsp3) is 0.452. The van der Waals surface area contributed by atoms with Gasteiger partial charge in [0.05, 0.1) is 32.8 Å². The summed E-state index contributed by atoms with van der Waals surface area (Å²) < 4.78 is 21.6. The number of ether oxygens (including phenoxy) is 4. The first-order chi connectivity index (χ1) is 20.8. The number of halogens is 1. The Hall–Kier alpha value is -4.32. The monoisotopic (exact) mass is 629 g/mol. The molecule has 0 spiro atoms. The number of methoxy groups -OCH3 is 2. The van der Waals surface area contributed by atoms with E-state index in [4.69, 9.17) is 30.5 Å². The van der Waals surface area contributed by atoms with Crippen LogP contribution in [0, 0.1) is 5.92 Å². The van der Waals surface area contributed by atoms with Gasteiger partial charge in [-0.15, -0.1) is 0 Å². The molecule has 0 saturated heterocycles. The second kappa shape index (κ2) is 15.4. The highest BCUT2D eigenvalue weighted by Crippen LogP contribution is 2.35. The van der Waals surface area contributed by atoms with E-state index >= 15 is 0 Å². The molecule has 1 heterocycles. The summed E-state index contributed by atoms with van der Waals surface area (Å²) in [6.45, 7) is 9.71. The fourth-order valence-corrected chi connectivity index (χ4v) is 4.34. The molecule has 0 saturated carbocycles. The summed E-state index contributed by atoms with van der Waals surface area (Å²) in [5.41, 5.74) is 1.20. The second-order valence-corrected chi connectivity index (χ2v) is 11.7. The van der Waals surface area contributed by atoms with Crippen LogP contribution in [-0.2, 0) is 25.5 Å². The quantitative estimate of drug-likeness (QED) is 0.170. The molecule has 2 amide bonds. The predicted molar refractivity (Wildman–Crippen MR) is 168 cm³/mol. The van der Waals surface area contributed by atoms with Gasteiger partial charge >= 0.3 is 12.1 Å². The van der Waals surface area contributed by atoms with Gasteiger partial charge in [-0.1, -0.05) is 31.5 Å². The number of rotatable bonds is 13. The molecule has 0 aliphatic carbocycles. The Morgan fingerprint density at radius 1 is 1.02 bits per heavy atom. The molecule has 1 aromatic heterocycles. The van der Waals surface area contributed by atoms with Gasteiger partial charge in [0.25, 0.3) is 0 Å². The number of benzene rings is 2. The lowest BCUT2D eigenvalue weighted by atomic mass is 10.0. The van der Waals surface area contributed by atoms with Gasteiger partial charge in [0.2, 0.25) is 5.91 Å². The first-order valence-electron chi connectivity index (χ1n) is 14.2. The van der Waals surface area contributed by atoms with E-state index in [0.717, 1.165) is 0 Å². The number of esters is 1. The normalized spacial score (nSPS) is 11.9. The number of alkyl carbamates (subject to hydrolysis) is 1. The van der Waals surface area contributed by atoms with Crippen molar-refractivity contribution in [3.05, 3.63) is 47.2 Å². The van der Waals surface area contributed by atoms with Crippen molar-refractivity contribution < 1.29 is 33.3 Å². The average molecular weight is 630 g/mol. The van der Waals surface area contributed by atoms with Gasteiger partial charge in [0.15, 0.2) is 11.5 Å². The van der Waals surface area contributed by atoms with Crippen LogP contribution in [0.25, 0.3) is 10.9 Å². The first kappa shape index (κ1) is 34.2. The van der Waals surface area contributed by atoms with E-state index in [1.165, 1.54) is 20.5 Å². The predicted octanol–water partition coefficient (Wildman–Crippen LogP) is 5.19. The highest BCUT2D eigenvalue weighted by molar-refractivity contribution is 6.31. The van der Waals surface area contributed by atoms with Crippen LogP contribution in [0.3, 0.4) is 0 Å². The van der Waals surface area contributed by atoms with E-state index in [-0.39, 0.29) is 18.2 Å². The third kappa shape index (κ3) is 9.87. The summed E-state index contributed by atoms with van der Waals surface area (Å²) in [6, 6.07) is 7.83. The van der Waals surface area contributed by atoms with Crippen molar-refractivity contribution in [2.45, 2.75) is 59.1 Å². The van der Waals surface area contributed by atoms with Crippen LogP contribution >= 0.6 is 11.6 Å². The first-order valence-corrected chi connectivity index (χ1v) is 14.5. The zero-order valence-electron chi connectivity index (χ0n) is 26.1. The smallest absolute Gasteiger partial charge is 0.407 e. The third-order valence-electron chi connectivity index (χ3n) is 6.28. The number of hydrogen-bond acceptors (Lipinski definition) is 10. The zero-order chi connectivity index (χ0) is 32.4. The molecule has 0 unspecified atom stereocenters. The number of nitrogens with zero attached hydrogens (tertiary/aromatic N) is 2. The van der Waals surface area contributed by atoms with Crippen molar-refractivity contribution in [3.63, 3.8) is 0 Å².